The number of aliphatic carboxylic acids is 1. The Morgan fingerprint density at radius 1 is 1.50 bits per heavy atom. The number of carbonyl (C=O) groups excluding carboxylic acids is 1. The first kappa shape index (κ1) is 8.71. The van der Waals surface area contributed by atoms with E-state index in [1.54, 1.807) is 0 Å². The summed E-state index contributed by atoms with van der Waals surface area (Å²) in [6.45, 7) is 0. The molecule has 0 aromatic rings. The molecule has 4 nitrogen and oxygen atoms in total. The van der Waals surface area contributed by atoms with Crippen LogP contribution in [0.3, 0.4) is 0 Å². The van der Waals surface area contributed by atoms with Gasteiger partial charge in [-0.05, 0) is 12.3 Å². The molecule has 0 spiro atoms. The fourth-order valence-corrected chi connectivity index (χ4v) is 4.35. The molecule has 5 heteroatoms. The number of halogens is 1. The second-order valence-electron chi connectivity index (χ2n) is 4.30. The molecule has 3 aliphatic rings. The Morgan fingerprint density at radius 3 is 2.86 bits per heavy atom. The van der Waals surface area contributed by atoms with Gasteiger partial charge in [0, 0.05) is 5.92 Å². The Kier molecular flexibility index (Phi) is 1.56. The molecule has 0 aromatic heterocycles. The Balaban J connectivity index is 2.04. The smallest absolute Gasteiger partial charge is 0.310 e. The molecule has 3 rings (SSSR count). The third kappa shape index (κ3) is 0.798. The predicted molar refractivity (Wildman–Crippen MR) is 48.8 cm³/mol. The van der Waals surface area contributed by atoms with Crippen LogP contribution in [-0.4, -0.2) is 28.0 Å². The maximum atomic E-state index is 11.4. The maximum absolute atomic E-state index is 11.4. The molecule has 76 valence electrons. The molecule has 2 bridgehead atoms. The van der Waals surface area contributed by atoms with E-state index in [1.165, 1.54) is 0 Å². The van der Waals surface area contributed by atoms with Crippen LogP contribution < -0.4 is 0 Å². The second-order valence-corrected chi connectivity index (χ2v) is 5.36. The van der Waals surface area contributed by atoms with E-state index in [2.05, 4.69) is 15.9 Å². The predicted octanol–water partition coefficient (Wildman–Crippen LogP) is 0.642. The minimum Gasteiger partial charge on any atom is -0.481 e. The number of carboxylic acid groups (broad SMARTS) is 1. The Morgan fingerprint density at radius 2 is 2.21 bits per heavy atom. The minimum atomic E-state index is -0.857. The topological polar surface area (TPSA) is 63.6 Å². The van der Waals surface area contributed by atoms with Crippen molar-refractivity contribution in [3.8, 4) is 0 Å². The summed E-state index contributed by atoms with van der Waals surface area (Å²) in [5.41, 5.74) is 0. The summed E-state index contributed by atoms with van der Waals surface area (Å²) in [6, 6.07) is 0. The number of alkyl halides is 1. The molecule has 0 radical (unpaired) electrons. The molecule has 6 atom stereocenters. The van der Waals surface area contributed by atoms with Gasteiger partial charge in [0.15, 0.2) is 0 Å². The van der Waals surface area contributed by atoms with Crippen LogP contribution in [0.1, 0.15) is 6.42 Å². The van der Waals surface area contributed by atoms with Gasteiger partial charge in [-0.15, -0.1) is 0 Å². The van der Waals surface area contributed by atoms with Crippen molar-refractivity contribution in [3.05, 3.63) is 0 Å². The average Bonchev–Trinajstić information content (AvgIpc) is 2.67. The first-order chi connectivity index (χ1) is 6.61. The summed E-state index contributed by atoms with van der Waals surface area (Å²) in [5, 5.41) is 9.06. The summed E-state index contributed by atoms with van der Waals surface area (Å²) in [5.74, 6) is -1.87. The number of carbonyl (C=O) groups is 2. The first-order valence-electron chi connectivity index (χ1n) is 4.68. The molecule has 1 heterocycles. The zero-order valence-electron chi connectivity index (χ0n) is 7.22. The van der Waals surface area contributed by atoms with Crippen LogP contribution >= 0.6 is 15.9 Å². The van der Waals surface area contributed by atoms with E-state index >= 15 is 0 Å². The highest BCUT2D eigenvalue weighted by molar-refractivity contribution is 9.09. The van der Waals surface area contributed by atoms with Crippen LogP contribution in [0.25, 0.3) is 0 Å². The lowest BCUT2D eigenvalue weighted by atomic mass is 9.80. The lowest BCUT2D eigenvalue weighted by Gasteiger charge is -2.25. The summed E-state index contributed by atoms with van der Waals surface area (Å²) < 4.78 is 5.18. The highest BCUT2D eigenvalue weighted by atomic mass is 79.9. The Labute approximate surface area is 88.7 Å². The van der Waals surface area contributed by atoms with Gasteiger partial charge < -0.3 is 9.84 Å². The number of esters is 1. The summed E-state index contributed by atoms with van der Waals surface area (Å²) >= 11 is 3.44. The summed E-state index contributed by atoms with van der Waals surface area (Å²) in [7, 11) is 0. The lowest BCUT2D eigenvalue weighted by molar-refractivity contribution is -0.151. The molecular formula is C9H9BrO4. The van der Waals surface area contributed by atoms with Crippen LogP contribution in [0, 0.1) is 23.7 Å². The Bertz CT molecular complexity index is 329. The van der Waals surface area contributed by atoms with Gasteiger partial charge in [-0.1, -0.05) is 15.9 Å². The quantitative estimate of drug-likeness (QED) is 0.555. The molecule has 1 aliphatic heterocycles. The molecule has 0 amide bonds. The SMILES string of the molecule is O=C(O)[C@@H]1[C@H]2C[C@H]3[C@@H](OC(=O)[C@@H]31)[C@H]2Br. The van der Waals surface area contributed by atoms with Crippen molar-refractivity contribution in [1.82, 2.24) is 0 Å². The highest BCUT2D eigenvalue weighted by Crippen LogP contribution is 2.59. The van der Waals surface area contributed by atoms with Crippen LogP contribution in [-0.2, 0) is 14.3 Å². The maximum Gasteiger partial charge on any atom is 0.310 e. The number of rotatable bonds is 1. The van der Waals surface area contributed by atoms with Gasteiger partial charge >= 0.3 is 11.9 Å². The number of ether oxygens (including phenoxy) is 1. The van der Waals surface area contributed by atoms with Gasteiger partial charge in [-0.3, -0.25) is 9.59 Å². The molecule has 3 fully saturated rings. The standard InChI is InChI=1S/C9H9BrO4/c10-6-2-1-3-5(4(2)8(11)12)9(13)14-7(3)6/h2-7H,1H2,(H,11,12)/t2-,3-,4-,5+,6+,7-/m1/s1. The number of hydrogen-bond acceptors (Lipinski definition) is 3. The number of fused-ring (bicyclic) bond motifs is 1. The number of hydrogen-bond donors (Lipinski definition) is 1. The van der Waals surface area contributed by atoms with Gasteiger partial charge in [-0.2, -0.15) is 0 Å². The van der Waals surface area contributed by atoms with Gasteiger partial charge in [0.05, 0.1) is 16.7 Å². The van der Waals surface area contributed by atoms with E-state index in [9.17, 15) is 9.59 Å². The summed E-state index contributed by atoms with van der Waals surface area (Å²) in [6.07, 6.45) is 0.738. The third-order valence-electron chi connectivity index (χ3n) is 3.81. The van der Waals surface area contributed by atoms with Crippen molar-refractivity contribution < 1.29 is 19.4 Å². The van der Waals surface area contributed by atoms with Gasteiger partial charge in [0.2, 0.25) is 0 Å². The van der Waals surface area contributed by atoms with E-state index in [0.29, 0.717) is 0 Å². The second kappa shape index (κ2) is 2.51. The lowest BCUT2D eigenvalue weighted by Crippen LogP contribution is -2.37. The normalized spacial score (nSPS) is 53.6. The highest BCUT2D eigenvalue weighted by Gasteiger charge is 2.67. The molecule has 2 aliphatic carbocycles. The van der Waals surface area contributed by atoms with E-state index in [0.717, 1.165) is 6.42 Å². The average molecular weight is 261 g/mol. The van der Waals surface area contributed by atoms with Crippen molar-refractivity contribution in [2.24, 2.45) is 23.7 Å². The van der Waals surface area contributed by atoms with Crippen molar-refractivity contribution in [2.75, 3.05) is 0 Å². The molecule has 1 N–H and O–H groups in total. The Hall–Kier alpha value is -0.580. The molecule has 14 heavy (non-hydrogen) atoms. The van der Waals surface area contributed by atoms with E-state index in [-0.39, 0.29) is 34.7 Å². The zero-order chi connectivity index (χ0) is 10.0. The first-order valence-corrected chi connectivity index (χ1v) is 5.60. The van der Waals surface area contributed by atoms with Crippen LogP contribution in [0.5, 0.6) is 0 Å². The van der Waals surface area contributed by atoms with Crippen molar-refractivity contribution in [1.29, 1.82) is 0 Å². The van der Waals surface area contributed by atoms with Crippen molar-refractivity contribution in [2.45, 2.75) is 17.4 Å². The van der Waals surface area contributed by atoms with Crippen LogP contribution in [0.15, 0.2) is 0 Å². The van der Waals surface area contributed by atoms with Gasteiger partial charge in [-0.25, -0.2) is 0 Å². The largest absolute Gasteiger partial charge is 0.481 e. The van der Waals surface area contributed by atoms with Gasteiger partial charge in [0.1, 0.15) is 6.10 Å². The summed E-state index contributed by atoms with van der Waals surface area (Å²) in [4.78, 5) is 22.5. The van der Waals surface area contributed by atoms with E-state index in [4.69, 9.17) is 9.84 Å². The number of carboxylic acids is 1. The van der Waals surface area contributed by atoms with E-state index in [1.807, 2.05) is 0 Å². The molecule has 2 saturated carbocycles. The van der Waals surface area contributed by atoms with E-state index < -0.39 is 11.9 Å². The molecule has 0 aromatic carbocycles. The zero-order valence-corrected chi connectivity index (χ0v) is 8.81. The van der Waals surface area contributed by atoms with Crippen LogP contribution in [0.2, 0.25) is 0 Å². The van der Waals surface area contributed by atoms with Gasteiger partial charge in [0.25, 0.3) is 0 Å². The molecular weight excluding hydrogens is 252 g/mol. The van der Waals surface area contributed by atoms with Crippen molar-refractivity contribution in [3.63, 3.8) is 0 Å². The molecule has 0 unspecified atom stereocenters. The monoisotopic (exact) mass is 260 g/mol. The fourth-order valence-electron chi connectivity index (χ4n) is 3.31. The minimum absolute atomic E-state index is 0.0382. The fraction of sp³-hybridized carbons (Fsp3) is 0.778. The molecule has 1 saturated heterocycles. The van der Waals surface area contributed by atoms with Crippen LogP contribution in [0.4, 0.5) is 0 Å². The third-order valence-corrected chi connectivity index (χ3v) is 5.01. The van der Waals surface area contributed by atoms with Crippen molar-refractivity contribution >= 4 is 27.9 Å².